The second kappa shape index (κ2) is 11.7. The number of anilines is 2. The molecule has 1 amide bonds. The molecule has 0 bridgehead atoms. The Kier molecular flexibility index (Phi) is 8.42. The van der Waals surface area contributed by atoms with Crippen LogP contribution in [0.3, 0.4) is 0 Å². The maximum atomic E-state index is 13.4. The number of ketones is 1. The van der Waals surface area contributed by atoms with Gasteiger partial charge in [-0.05, 0) is 79.9 Å². The third-order valence-corrected chi connectivity index (χ3v) is 6.81. The Morgan fingerprint density at radius 2 is 1.66 bits per heavy atom. The number of hydrogen-bond donors (Lipinski definition) is 1. The molecule has 1 N–H and O–H groups in total. The van der Waals surface area contributed by atoms with E-state index in [4.69, 9.17) is 16.3 Å². The van der Waals surface area contributed by atoms with E-state index in [1.54, 1.807) is 48.5 Å². The summed E-state index contributed by atoms with van der Waals surface area (Å²) in [5.74, 6) is -0.665. The summed E-state index contributed by atoms with van der Waals surface area (Å²) >= 11 is 6.24. The predicted octanol–water partition coefficient (Wildman–Crippen LogP) is 6.85. The molecule has 198 valence electrons. The van der Waals surface area contributed by atoms with Gasteiger partial charge in [-0.3, -0.25) is 14.5 Å². The largest absolute Gasteiger partial charge is 0.507 e. The molecule has 1 aliphatic rings. The van der Waals surface area contributed by atoms with Gasteiger partial charge in [0.05, 0.1) is 18.2 Å². The van der Waals surface area contributed by atoms with Crippen molar-refractivity contribution < 1.29 is 19.4 Å². The maximum absolute atomic E-state index is 13.4. The summed E-state index contributed by atoms with van der Waals surface area (Å²) in [6.45, 7) is 10.6. The molecule has 1 fully saturated rings. The van der Waals surface area contributed by atoms with Gasteiger partial charge in [-0.15, -0.1) is 0 Å². The summed E-state index contributed by atoms with van der Waals surface area (Å²) in [6.07, 6.45) is 0. The van der Waals surface area contributed by atoms with Crippen molar-refractivity contribution >= 4 is 40.4 Å². The second-order valence-corrected chi connectivity index (χ2v) is 10.1. The minimum Gasteiger partial charge on any atom is -0.507 e. The van der Waals surface area contributed by atoms with Gasteiger partial charge in [0.2, 0.25) is 0 Å². The van der Waals surface area contributed by atoms with Gasteiger partial charge in [-0.2, -0.15) is 0 Å². The third kappa shape index (κ3) is 5.55. The lowest BCUT2D eigenvalue weighted by molar-refractivity contribution is -0.132. The molecule has 0 radical (unpaired) electrons. The summed E-state index contributed by atoms with van der Waals surface area (Å²) in [5, 5.41) is 11.8. The zero-order valence-electron chi connectivity index (χ0n) is 22.1. The Bertz CT molecular complexity index is 1330. The number of benzene rings is 3. The molecule has 1 saturated heterocycles. The number of rotatable bonds is 9. The smallest absolute Gasteiger partial charge is 0.300 e. The number of halogens is 1. The Labute approximate surface area is 229 Å². The molecule has 0 aromatic heterocycles. The molecule has 38 heavy (non-hydrogen) atoms. The first-order valence-electron chi connectivity index (χ1n) is 12.9. The minimum absolute atomic E-state index is 0.0291. The van der Waals surface area contributed by atoms with Crippen molar-refractivity contribution in [1.29, 1.82) is 0 Å². The van der Waals surface area contributed by atoms with Crippen LogP contribution in [0, 0.1) is 5.92 Å². The van der Waals surface area contributed by atoms with E-state index in [0.717, 1.165) is 18.8 Å². The van der Waals surface area contributed by atoms with Gasteiger partial charge < -0.3 is 14.7 Å². The van der Waals surface area contributed by atoms with Crippen LogP contribution in [0.1, 0.15) is 44.9 Å². The van der Waals surface area contributed by atoms with E-state index in [9.17, 15) is 14.7 Å². The van der Waals surface area contributed by atoms with Gasteiger partial charge in [0.1, 0.15) is 11.5 Å². The molecule has 7 heteroatoms. The summed E-state index contributed by atoms with van der Waals surface area (Å²) in [5.41, 5.74) is 2.68. The van der Waals surface area contributed by atoms with Crippen LogP contribution in [0.15, 0.2) is 78.4 Å². The summed E-state index contributed by atoms with van der Waals surface area (Å²) in [6, 6.07) is 20.6. The van der Waals surface area contributed by atoms with Crippen LogP contribution in [0.2, 0.25) is 5.02 Å². The zero-order chi connectivity index (χ0) is 27.4. The first kappa shape index (κ1) is 27.3. The molecular weight excluding hydrogens is 500 g/mol. The van der Waals surface area contributed by atoms with Crippen molar-refractivity contribution in [3.05, 3.63) is 94.5 Å². The molecule has 0 spiro atoms. The van der Waals surface area contributed by atoms with Gasteiger partial charge >= 0.3 is 0 Å². The van der Waals surface area contributed by atoms with E-state index in [-0.39, 0.29) is 11.3 Å². The molecule has 0 saturated carbocycles. The highest BCUT2D eigenvalue weighted by Crippen LogP contribution is 2.43. The summed E-state index contributed by atoms with van der Waals surface area (Å²) < 4.78 is 5.75. The Morgan fingerprint density at radius 3 is 2.24 bits per heavy atom. The normalized spacial score (nSPS) is 16.8. The molecule has 3 aromatic rings. The first-order chi connectivity index (χ1) is 18.2. The van der Waals surface area contributed by atoms with E-state index in [0.29, 0.717) is 40.1 Å². The predicted molar refractivity (Wildman–Crippen MR) is 153 cm³/mol. The highest BCUT2D eigenvalue weighted by molar-refractivity contribution is 6.51. The first-order valence-corrected chi connectivity index (χ1v) is 13.3. The van der Waals surface area contributed by atoms with Crippen molar-refractivity contribution in [2.75, 3.05) is 29.5 Å². The Balaban J connectivity index is 1.81. The summed E-state index contributed by atoms with van der Waals surface area (Å²) in [7, 11) is 0. The van der Waals surface area contributed by atoms with Crippen molar-refractivity contribution in [3.63, 3.8) is 0 Å². The lowest BCUT2D eigenvalue weighted by atomic mass is 9.94. The van der Waals surface area contributed by atoms with Gasteiger partial charge in [0, 0.05) is 35.1 Å². The van der Waals surface area contributed by atoms with Crippen LogP contribution in [0.5, 0.6) is 5.75 Å². The summed E-state index contributed by atoms with van der Waals surface area (Å²) in [4.78, 5) is 30.4. The number of amides is 1. The van der Waals surface area contributed by atoms with Crippen LogP contribution >= 0.6 is 11.6 Å². The second-order valence-electron chi connectivity index (χ2n) is 9.64. The third-order valence-electron chi connectivity index (χ3n) is 6.58. The number of ether oxygens (including phenoxy) is 1. The highest BCUT2D eigenvalue weighted by Gasteiger charge is 2.47. The van der Waals surface area contributed by atoms with E-state index >= 15 is 0 Å². The fraction of sp³-hybridized carbons (Fsp3) is 0.290. The van der Waals surface area contributed by atoms with E-state index in [1.807, 2.05) is 24.3 Å². The average molecular weight is 533 g/mol. The van der Waals surface area contributed by atoms with E-state index in [2.05, 4.69) is 32.6 Å². The van der Waals surface area contributed by atoms with Crippen molar-refractivity contribution in [2.24, 2.45) is 5.92 Å². The molecule has 4 rings (SSSR count). The van der Waals surface area contributed by atoms with Crippen molar-refractivity contribution in [3.8, 4) is 5.75 Å². The van der Waals surface area contributed by atoms with Crippen molar-refractivity contribution in [1.82, 2.24) is 0 Å². The number of carbonyl (C=O) groups is 2. The fourth-order valence-electron chi connectivity index (χ4n) is 4.62. The lowest BCUT2D eigenvalue weighted by Gasteiger charge is -2.27. The van der Waals surface area contributed by atoms with Gasteiger partial charge in [-0.1, -0.05) is 43.6 Å². The van der Waals surface area contributed by atoms with Crippen LogP contribution < -0.4 is 14.5 Å². The van der Waals surface area contributed by atoms with Crippen LogP contribution in [-0.4, -0.2) is 36.5 Å². The van der Waals surface area contributed by atoms with Gasteiger partial charge in [0.25, 0.3) is 11.7 Å². The molecule has 1 aliphatic heterocycles. The number of carbonyl (C=O) groups excluding carboxylic acids is 2. The maximum Gasteiger partial charge on any atom is 0.300 e. The molecule has 1 atom stereocenters. The monoisotopic (exact) mass is 532 g/mol. The minimum atomic E-state index is -0.823. The zero-order valence-corrected chi connectivity index (χ0v) is 22.9. The number of nitrogens with zero attached hydrogens (tertiary/aromatic N) is 2. The van der Waals surface area contributed by atoms with Crippen LogP contribution in [0.25, 0.3) is 5.76 Å². The number of Topliss-reactive ketones (excluding diaryl/α,β-unsaturated/α-hetero) is 1. The molecule has 1 heterocycles. The number of hydrogen-bond acceptors (Lipinski definition) is 5. The fourth-order valence-corrected chi connectivity index (χ4v) is 4.81. The number of aliphatic hydroxyl groups is 1. The van der Waals surface area contributed by atoms with Gasteiger partial charge in [0.15, 0.2) is 0 Å². The number of aliphatic hydroxyl groups excluding tert-OH is 1. The molecular formula is C31H33ClN2O4. The highest BCUT2D eigenvalue weighted by atomic mass is 35.5. The molecule has 6 nitrogen and oxygen atoms in total. The SMILES string of the molecule is CCN(CC)c1ccc(C2/C(=C(\O)c3ccc(OCC(C)C)cc3)C(=O)C(=O)N2c2cccc(Cl)c2)cc1. The van der Waals surface area contributed by atoms with E-state index in [1.165, 1.54) is 4.90 Å². The average Bonchev–Trinajstić information content (AvgIpc) is 3.18. The Morgan fingerprint density at radius 1 is 1.00 bits per heavy atom. The topological polar surface area (TPSA) is 70.1 Å². The van der Waals surface area contributed by atoms with Crippen LogP contribution in [0.4, 0.5) is 11.4 Å². The quantitative estimate of drug-likeness (QED) is 0.185. The van der Waals surface area contributed by atoms with Crippen molar-refractivity contribution in [2.45, 2.75) is 33.7 Å². The molecule has 1 unspecified atom stereocenters. The standard InChI is InChI=1S/C31H33ClN2O4/c1-5-33(6-2)24-14-10-21(11-15-24)28-27(29(35)22-12-16-26(17-13-22)38-19-20(3)4)30(36)31(37)34(28)25-9-7-8-23(32)18-25/h7-18,20,28,35H,5-6,19H2,1-4H3/b29-27+. The Hall–Kier alpha value is -3.77. The van der Waals surface area contributed by atoms with Gasteiger partial charge in [-0.25, -0.2) is 0 Å². The lowest BCUT2D eigenvalue weighted by Crippen LogP contribution is -2.29. The van der Waals surface area contributed by atoms with Crippen LogP contribution in [-0.2, 0) is 9.59 Å². The molecule has 0 aliphatic carbocycles. The van der Waals surface area contributed by atoms with E-state index < -0.39 is 17.7 Å². The molecule has 3 aromatic carbocycles.